The highest BCUT2D eigenvalue weighted by atomic mass is 35.5. The molecule has 124 valence electrons. The van der Waals surface area contributed by atoms with Crippen LogP contribution in [0, 0.1) is 13.8 Å². The maximum absolute atomic E-state index is 11.8. The van der Waals surface area contributed by atoms with E-state index in [4.69, 9.17) is 16.1 Å². The van der Waals surface area contributed by atoms with E-state index in [2.05, 4.69) is 41.7 Å². The Hall–Kier alpha value is -1.46. The Labute approximate surface area is 146 Å². The molecule has 2 rings (SSSR count). The van der Waals surface area contributed by atoms with Crippen LogP contribution in [0.3, 0.4) is 0 Å². The standard InChI is InChI=1S/C17H21ClN2O2S/c1-12-3-5-14(6-4-12)11-23-10-9-19-16(21)8-7-15-13(2)20-22-17(15)18/h3-6H,7-11H2,1-2H3,(H,19,21). The molecule has 1 heterocycles. The molecule has 1 aromatic heterocycles. The Kier molecular flexibility index (Phi) is 6.99. The minimum absolute atomic E-state index is 0.0256. The number of amides is 1. The van der Waals surface area contributed by atoms with Crippen molar-refractivity contribution in [1.29, 1.82) is 0 Å². The molecule has 1 aromatic carbocycles. The van der Waals surface area contributed by atoms with Gasteiger partial charge in [-0.1, -0.05) is 35.0 Å². The minimum atomic E-state index is 0.0256. The van der Waals surface area contributed by atoms with E-state index in [0.29, 0.717) is 19.4 Å². The second-order valence-electron chi connectivity index (χ2n) is 5.41. The van der Waals surface area contributed by atoms with Crippen LogP contribution in [0.25, 0.3) is 0 Å². The Balaban J connectivity index is 1.59. The van der Waals surface area contributed by atoms with Gasteiger partial charge in [0.15, 0.2) is 0 Å². The van der Waals surface area contributed by atoms with Crippen LogP contribution in [0.2, 0.25) is 5.22 Å². The van der Waals surface area contributed by atoms with E-state index in [1.807, 2.05) is 18.7 Å². The summed E-state index contributed by atoms with van der Waals surface area (Å²) >= 11 is 7.69. The molecule has 0 radical (unpaired) electrons. The number of carbonyl (C=O) groups excluding carboxylic acids is 1. The van der Waals surface area contributed by atoms with Crippen LogP contribution < -0.4 is 5.32 Å². The van der Waals surface area contributed by atoms with Gasteiger partial charge in [0.25, 0.3) is 0 Å². The summed E-state index contributed by atoms with van der Waals surface area (Å²) in [5, 5.41) is 6.98. The molecule has 0 bridgehead atoms. The summed E-state index contributed by atoms with van der Waals surface area (Å²) in [5.74, 6) is 1.88. The predicted octanol–water partition coefficient (Wildman–Crippen LogP) is 3.93. The van der Waals surface area contributed by atoms with Crippen LogP contribution in [0.4, 0.5) is 0 Å². The Morgan fingerprint density at radius 3 is 2.70 bits per heavy atom. The molecule has 0 aliphatic carbocycles. The quantitative estimate of drug-likeness (QED) is 0.731. The minimum Gasteiger partial charge on any atom is -0.355 e. The molecular weight excluding hydrogens is 332 g/mol. The first-order valence-corrected chi connectivity index (χ1v) is 9.10. The van der Waals surface area contributed by atoms with Crippen LogP contribution in [-0.4, -0.2) is 23.4 Å². The third-order valence-corrected chi connectivity index (χ3v) is 4.82. The lowest BCUT2D eigenvalue weighted by Gasteiger charge is -2.05. The Morgan fingerprint density at radius 2 is 2.04 bits per heavy atom. The first-order chi connectivity index (χ1) is 11.1. The summed E-state index contributed by atoms with van der Waals surface area (Å²) in [6.45, 7) is 4.58. The number of nitrogens with zero attached hydrogens (tertiary/aromatic N) is 1. The molecule has 1 amide bonds. The van der Waals surface area contributed by atoms with E-state index < -0.39 is 0 Å². The smallest absolute Gasteiger partial charge is 0.229 e. The highest BCUT2D eigenvalue weighted by molar-refractivity contribution is 7.98. The summed E-state index contributed by atoms with van der Waals surface area (Å²) in [6.07, 6.45) is 0.945. The molecule has 6 heteroatoms. The fourth-order valence-corrected chi connectivity index (χ4v) is 3.19. The van der Waals surface area contributed by atoms with Gasteiger partial charge in [-0.2, -0.15) is 11.8 Å². The molecular formula is C17H21ClN2O2S. The maximum atomic E-state index is 11.8. The number of hydrogen-bond donors (Lipinski definition) is 1. The monoisotopic (exact) mass is 352 g/mol. The van der Waals surface area contributed by atoms with Crippen molar-refractivity contribution in [3.8, 4) is 0 Å². The largest absolute Gasteiger partial charge is 0.355 e. The van der Waals surface area contributed by atoms with Gasteiger partial charge in [-0.25, -0.2) is 0 Å². The molecule has 0 spiro atoms. The zero-order valence-electron chi connectivity index (χ0n) is 13.4. The number of aryl methyl sites for hydroxylation is 2. The first-order valence-electron chi connectivity index (χ1n) is 7.57. The highest BCUT2D eigenvalue weighted by Crippen LogP contribution is 2.20. The van der Waals surface area contributed by atoms with Gasteiger partial charge >= 0.3 is 0 Å². The van der Waals surface area contributed by atoms with Crippen molar-refractivity contribution < 1.29 is 9.32 Å². The molecule has 0 saturated carbocycles. The van der Waals surface area contributed by atoms with Crippen LogP contribution in [0.5, 0.6) is 0 Å². The third-order valence-electron chi connectivity index (χ3n) is 3.50. The van der Waals surface area contributed by atoms with Crippen molar-refractivity contribution in [3.05, 3.63) is 51.9 Å². The lowest BCUT2D eigenvalue weighted by Crippen LogP contribution is -2.26. The van der Waals surface area contributed by atoms with Gasteiger partial charge in [0, 0.05) is 30.0 Å². The Bertz CT molecular complexity index is 621. The normalized spacial score (nSPS) is 10.7. The maximum Gasteiger partial charge on any atom is 0.229 e. The topological polar surface area (TPSA) is 55.1 Å². The molecule has 0 saturated heterocycles. The van der Waals surface area contributed by atoms with Crippen molar-refractivity contribution >= 4 is 29.3 Å². The average Bonchev–Trinajstić information content (AvgIpc) is 2.85. The first kappa shape index (κ1) is 17.9. The number of halogens is 1. The molecule has 23 heavy (non-hydrogen) atoms. The van der Waals surface area contributed by atoms with Gasteiger partial charge in [-0.15, -0.1) is 0 Å². The second-order valence-corrected chi connectivity index (χ2v) is 6.86. The fraction of sp³-hybridized carbons (Fsp3) is 0.412. The number of aromatic nitrogens is 1. The van der Waals surface area contributed by atoms with Crippen molar-refractivity contribution in [3.63, 3.8) is 0 Å². The van der Waals surface area contributed by atoms with E-state index in [-0.39, 0.29) is 11.1 Å². The number of benzene rings is 1. The van der Waals surface area contributed by atoms with Gasteiger partial charge < -0.3 is 9.84 Å². The molecule has 1 N–H and O–H groups in total. The summed E-state index contributed by atoms with van der Waals surface area (Å²) in [4.78, 5) is 11.8. The highest BCUT2D eigenvalue weighted by Gasteiger charge is 2.12. The van der Waals surface area contributed by atoms with Crippen LogP contribution in [0.15, 0.2) is 28.8 Å². The predicted molar refractivity (Wildman–Crippen MR) is 94.9 cm³/mol. The number of carbonyl (C=O) groups is 1. The Morgan fingerprint density at radius 1 is 1.30 bits per heavy atom. The number of rotatable bonds is 8. The zero-order valence-corrected chi connectivity index (χ0v) is 15.0. The van der Waals surface area contributed by atoms with E-state index in [1.54, 1.807) is 0 Å². The molecule has 2 aromatic rings. The van der Waals surface area contributed by atoms with Crippen molar-refractivity contribution in [1.82, 2.24) is 10.5 Å². The molecule has 4 nitrogen and oxygen atoms in total. The lowest BCUT2D eigenvalue weighted by molar-refractivity contribution is -0.120. The molecule has 0 fully saturated rings. The van der Waals surface area contributed by atoms with Crippen molar-refractivity contribution in [2.45, 2.75) is 32.4 Å². The summed E-state index contributed by atoms with van der Waals surface area (Å²) in [6, 6.07) is 8.53. The second kappa shape index (κ2) is 8.99. The van der Waals surface area contributed by atoms with E-state index in [9.17, 15) is 4.79 Å². The van der Waals surface area contributed by atoms with E-state index >= 15 is 0 Å². The van der Waals surface area contributed by atoms with E-state index in [1.165, 1.54) is 11.1 Å². The van der Waals surface area contributed by atoms with Gasteiger partial charge in [-0.3, -0.25) is 4.79 Å². The van der Waals surface area contributed by atoms with Gasteiger partial charge in [-0.05, 0) is 37.4 Å². The average molecular weight is 353 g/mol. The van der Waals surface area contributed by atoms with Crippen molar-refractivity contribution in [2.24, 2.45) is 0 Å². The zero-order chi connectivity index (χ0) is 16.7. The number of nitrogens with one attached hydrogen (secondary N) is 1. The van der Waals surface area contributed by atoms with E-state index in [0.717, 1.165) is 22.8 Å². The summed E-state index contributed by atoms with van der Waals surface area (Å²) in [7, 11) is 0. The molecule has 0 atom stereocenters. The van der Waals surface area contributed by atoms with Crippen molar-refractivity contribution in [2.75, 3.05) is 12.3 Å². The van der Waals surface area contributed by atoms with Crippen LogP contribution in [-0.2, 0) is 17.0 Å². The van der Waals surface area contributed by atoms with Crippen LogP contribution >= 0.6 is 23.4 Å². The van der Waals surface area contributed by atoms with Gasteiger partial charge in [0.1, 0.15) is 0 Å². The van der Waals surface area contributed by atoms with Gasteiger partial charge in [0.2, 0.25) is 11.1 Å². The van der Waals surface area contributed by atoms with Crippen LogP contribution in [0.1, 0.15) is 28.8 Å². The van der Waals surface area contributed by atoms with Gasteiger partial charge in [0.05, 0.1) is 5.69 Å². The summed E-state index contributed by atoms with van der Waals surface area (Å²) in [5.41, 5.74) is 4.14. The fourth-order valence-electron chi connectivity index (χ4n) is 2.10. The summed E-state index contributed by atoms with van der Waals surface area (Å²) < 4.78 is 4.87. The molecule has 0 aliphatic rings. The SMILES string of the molecule is Cc1ccc(CSCCNC(=O)CCc2c(C)noc2Cl)cc1. The number of hydrogen-bond acceptors (Lipinski definition) is 4. The number of thioether (sulfide) groups is 1. The lowest BCUT2D eigenvalue weighted by atomic mass is 10.1. The molecule has 0 unspecified atom stereocenters. The molecule has 0 aliphatic heterocycles. The third kappa shape index (κ3) is 5.92.